The maximum Gasteiger partial charge on any atom is 0.262 e. The van der Waals surface area contributed by atoms with Crippen molar-refractivity contribution in [2.45, 2.75) is 37.5 Å². The van der Waals surface area contributed by atoms with Crippen LogP contribution in [0.3, 0.4) is 0 Å². The van der Waals surface area contributed by atoms with Gasteiger partial charge in [-0.05, 0) is 73.9 Å². The summed E-state index contributed by atoms with van der Waals surface area (Å²) in [7, 11) is -3.85. The quantitative estimate of drug-likeness (QED) is 0.314. The van der Waals surface area contributed by atoms with E-state index >= 15 is 0 Å². The third-order valence-corrected chi connectivity index (χ3v) is 7.39. The van der Waals surface area contributed by atoms with Crippen LogP contribution in [-0.4, -0.2) is 26.7 Å². The van der Waals surface area contributed by atoms with Gasteiger partial charge in [0.25, 0.3) is 5.91 Å². The Kier molecular flexibility index (Phi) is 8.52. The molecule has 9 heteroatoms. The number of aryl methyl sites for hydroxylation is 1. The van der Waals surface area contributed by atoms with E-state index in [1.807, 2.05) is 6.07 Å². The van der Waals surface area contributed by atoms with Gasteiger partial charge in [-0.2, -0.15) is 0 Å². The maximum absolute atomic E-state index is 13.4. The average molecular weight is 551 g/mol. The summed E-state index contributed by atoms with van der Waals surface area (Å²) in [5.74, 6) is 6.31. The number of benzene rings is 3. The zero-order valence-electron chi connectivity index (χ0n) is 20.8. The largest absolute Gasteiger partial charge is 0.483 e. The van der Waals surface area contributed by atoms with Crippen LogP contribution in [0.4, 0.5) is 5.69 Å². The van der Waals surface area contributed by atoms with Crippen LogP contribution in [0.25, 0.3) is 0 Å². The molecule has 38 heavy (non-hydrogen) atoms. The van der Waals surface area contributed by atoms with E-state index in [0.29, 0.717) is 27.8 Å². The van der Waals surface area contributed by atoms with Crippen LogP contribution >= 0.6 is 11.6 Å². The van der Waals surface area contributed by atoms with Crippen molar-refractivity contribution in [3.8, 4) is 17.6 Å². The number of rotatable bonds is 7. The van der Waals surface area contributed by atoms with Crippen molar-refractivity contribution in [1.29, 1.82) is 0 Å². The number of carbonyl (C=O) groups excluding carboxylic acids is 2. The van der Waals surface area contributed by atoms with E-state index in [1.165, 1.54) is 37.1 Å². The van der Waals surface area contributed by atoms with Gasteiger partial charge in [0.15, 0.2) is 12.4 Å². The van der Waals surface area contributed by atoms with Gasteiger partial charge in [0.2, 0.25) is 10.0 Å². The molecule has 7 nitrogen and oxygen atoms in total. The van der Waals surface area contributed by atoms with Gasteiger partial charge >= 0.3 is 0 Å². The molecule has 1 saturated carbocycles. The number of amides is 1. The van der Waals surface area contributed by atoms with Gasteiger partial charge < -0.3 is 10.1 Å². The molecule has 0 atom stereocenters. The van der Waals surface area contributed by atoms with E-state index in [1.54, 1.807) is 37.3 Å². The molecule has 0 heterocycles. The molecule has 0 saturated heterocycles. The Hall–Kier alpha value is -3.64. The number of hydrogen-bond donors (Lipinski definition) is 2. The second kappa shape index (κ2) is 11.8. The van der Waals surface area contributed by atoms with Crippen LogP contribution in [0.5, 0.6) is 5.75 Å². The minimum Gasteiger partial charge on any atom is -0.483 e. The fourth-order valence-electron chi connectivity index (χ4n) is 4.24. The predicted molar refractivity (Wildman–Crippen MR) is 147 cm³/mol. The first kappa shape index (κ1) is 27.4. The van der Waals surface area contributed by atoms with Gasteiger partial charge in [-0.3, -0.25) is 9.59 Å². The second-order valence-electron chi connectivity index (χ2n) is 9.16. The van der Waals surface area contributed by atoms with Gasteiger partial charge in [-0.25, -0.2) is 13.6 Å². The van der Waals surface area contributed by atoms with Crippen molar-refractivity contribution >= 4 is 39.0 Å². The molecule has 0 radical (unpaired) electrons. The lowest BCUT2D eigenvalue weighted by Gasteiger charge is -2.13. The molecule has 1 aliphatic rings. The van der Waals surface area contributed by atoms with Crippen LogP contribution in [0.1, 0.15) is 52.7 Å². The predicted octanol–water partition coefficient (Wildman–Crippen LogP) is 5.09. The Morgan fingerprint density at radius 2 is 1.84 bits per heavy atom. The van der Waals surface area contributed by atoms with E-state index in [-0.39, 0.29) is 28.6 Å². The van der Waals surface area contributed by atoms with Crippen molar-refractivity contribution in [3.05, 3.63) is 87.9 Å². The molecule has 0 spiro atoms. The first-order valence-electron chi connectivity index (χ1n) is 12.1. The van der Waals surface area contributed by atoms with Crippen molar-refractivity contribution in [3.63, 3.8) is 0 Å². The number of ketones is 1. The van der Waals surface area contributed by atoms with Gasteiger partial charge in [0.05, 0.1) is 10.5 Å². The summed E-state index contributed by atoms with van der Waals surface area (Å²) in [4.78, 5) is 25.9. The normalized spacial score (nSPS) is 13.4. The second-order valence-corrected chi connectivity index (χ2v) is 11.2. The number of ether oxygens (including phenoxy) is 1. The number of nitrogens with two attached hydrogens (primary N) is 1. The van der Waals surface area contributed by atoms with Crippen LogP contribution in [0.15, 0.2) is 65.6 Å². The summed E-state index contributed by atoms with van der Waals surface area (Å²) in [6.45, 7) is 1.26. The Morgan fingerprint density at radius 3 is 2.55 bits per heavy atom. The van der Waals surface area contributed by atoms with Crippen LogP contribution in [-0.2, 0) is 14.8 Å². The lowest BCUT2D eigenvalue weighted by atomic mass is 10.00. The number of carbonyl (C=O) groups is 2. The molecule has 0 aliphatic heterocycles. The first-order chi connectivity index (χ1) is 18.1. The lowest BCUT2D eigenvalue weighted by Crippen LogP contribution is -2.21. The maximum atomic E-state index is 13.4. The summed E-state index contributed by atoms with van der Waals surface area (Å²) in [6, 6.07) is 15.9. The highest BCUT2D eigenvalue weighted by Gasteiger charge is 2.18. The number of anilines is 1. The zero-order valence-corrected chi connectivity index (χ0v) is 22.4. The third-order valence-electron chi connectivity index (χ3n) is 6.25. The standard InChI is InChI=1S/C29H27ClN2O5S/c1-19-15-24(38(31,35)36)12-13-26(19)32-28(33)18-37-27-14-11-23(30)17-25(27)29(34)22-8-4-7-21(16-22)10-9-20-5-2-3-6-20/h4,7-8,11-17,20H,2-3,5-6,18H2,1H3,(H,32,33)(H2,31,35,36). The minimum absolute atomic E-state index is 0.0536. The molecule has 0 aromatic heterocycles. The summed E-state index contributed by atoms with van der Waals surface area (Å²) >= 11 is 6.17. The Balaban J connectivity index is 1.47. The van der Waals surface area contributed by atoms with E-state index in [4.69, 9.17) is 21.5 Å². The van der Waals surface area contributed by atoms with E-state index in [2.05, 4.69) is 17.2 Å². The lowest BCUT2D eigenvalue weighted by molar-refractivity contribution is -0.118. The topological polar surface area (TPSA) is 116 Å². The van der Waals surface area contributed by atoms with Crippen molar-refractivity contribution in [2.24, 2.45) is 11.1 Å². The van der Waals surface area contributed by atoms with Gasteiger partial charge in [-0.15, -0.1) is 0 Å². The van der Waals surface area contributed by atoms with E-state index < -0.39 is 15.9 Å². The van der Waals surface area contributed by atoms with Crippen LogP contribution in [0.2, 0.25) is 5.02 Å². The molecule has 0 unspecified atom stereocenters. The highest BCUT2D eigenvalue weighted by atomic mass is 35.5. The van der Waals surface area contributed by atoms with E-state index in [9.17, 15) is 18.0 Å². The molecule has 3 N–H and O–H groups in total. The van der Waals surface area contributed by atoms with Gasteiger partial charge in [0, 0.05) is 27.8 Å². The summed E-state index contributed by atoms with van der Waals surface area (Å²) in [5, 5.41) is 8.17. The highest BCUT2D eigenvalue weighted by molar-refractivity contribution is 7.89. The molecule has 196 valence electrons. The Bertz CT molecular complexity index is 1550. The highest BCUT2D eigenvalue weighted by Crippen LogP contribution is 2.27. The smallest absolute Gasteiger partial charge is 0.262 e. The SMILES string of the molecule is Cc1cc(S(N)(=O)=O)ccc1NC(=O)COc1ccc(Cl)cc1C(=O)c1cccc(C#CC2CCCC2)c1. The third kappa shape index (κ3) is 7.01. The molecule has 1 aliphatic carbocycles. The van der Waals surface area contributed by atoms with Crippen LogP contribution < -0.4 is 15.2 Å². The summed E-state index contributed by atoms with van der Waals surface area (Å²) in [6.07, 6.45) is 4.64. The Labute approximate surface area is 227 Å². The number of halogens is 1. The van der Waals surface area contributed by atoms with Gasteiger partial charge in [0.1, 0.15) is 5.75 Å². The zero-order chi connectivity index (χ0) is 27.3. The number of primary sulfonamides is 1. The van der Waals surface area contributed by atoms with Gasteiger partial charge in [-0.1, -0.05) is 48.4 Å². The molecular weight excluding hydrogens is 524 g/mol. The number of nitrogens with one attached hydrogen (secondary N) is 1. The average Bonchev–Trinajstić information content (AvgIpc) is 3.41. The Morgan fingerprint density at radius 1 is 1.08 bits per heavy atom. The van der Waals surface area contributed by atoms with E-state index in [0.717, 1.165) is 18.4 Å². The number of hydrogen-bond acceptors (Lipinski definition) is 5. The number of sulfonamides is 1. The van der Waals surface area contributed by atoms with Crippen molar-refractivity contribution in [1.82, 2.24) is 0 Å². The first-order valence-corrected chi connectivity index (χ1v) is 14.0. The minimum atomic E-state index is -3.85. The monoisotopic (exact) mass is 550 g/mol. The molecular formula is C29H27ClN2O5S. The summed E-state index contributed by atoms with van der Waals surface area (Å²) in [5.41, 5.74) is 2.35. The molecule has 1 fully saturated rings. The molecule has 3 aromatic rings. The molecule has 0 bridgehead atoms. The summed E-state index contributed by atoms with van der Waals surface area (Å²) < 4.78 is 28.7. The molecule has 1 amide bonds. The van der Waals surface area contributed by atoms with Crippen LogP contribution in [0, 0.1) is 24.7 Å². The molecule has 3 aromatic carbocycles. The van der Waals surface area contributed by atoms with Crippen molar-refractivity contribution in [2.75, 3.05) is 11.9 Å². The molecule has 4 rings (SSSR count). The van der Waals surface area contributed by atoms with Crippen molar-refractivity contribution < 1.29 is 22.7 Å². The fraction of sp³-hybridized carbons (Fsp3) is 0.241. The fourth-order valence-corrected chi connectivity index (χ4v) is 5.01.